The van der Waals surface area contributed by atoms with Crippen molar-refractivity contribution < 1.29 is 14.3 Å². The Balaban J connectivity index is 1.34. The Labute approximate surface area is 167 Å². The maximum Gasteiger partial charge on any atom is 0.319 e. The average Bonchev–Trinajstić information content (AvgIpc) is 3.15. The summed E-state index contributed by atoms with van der Waals surface area (Å²) in [7, 11) is 0. The summed E-state index contributed by atoms with van der Waals surface area (Å²) in [4.78, 5) is 29.0. The molecule has 0 spiro atoms. The van der Waals surface area contributed by atoms with E-state index in [2.05, 4.69) is 10.3 Å². The molecule has 2 heterocycles. The first kappa shape index (κ1) is 18.5. The molecule has 27 heavy (non-hydrogen) atoms. The first-order valence-electron chi connectivity index (χ1n) is 9.34. The van der Waals surface area contributed by atoms with E-state index in [1.807, 2.05) is 35.8 Å². The zero-order valence-corrected chi connectivity index (χ0v) is 16.6. The van der Waals surface area contributed by atoms with Gasteiger partial charge in [0.05, 0.1) is 11.4 Å². The van der Waals surface area contributed by atoms with Gasteiger partial charge in [0.1, 0.15) is 12.0 Å². The third-order valence-corrected chi connectivity index (χ3v) is 7.03. The van der Waals surface area contributed by atoms with Gasteiger partial charge in [-0.2, -0.15) is 0 Å². The summed E-state index contributed by atoms with van der Waals surface area (Å²) in [5, 5.41) is 5.00. The number of hydrogen-bond acceptors (Lipinski definition) is 6. The number of carbonyl (C=O) groups excluding carboxylic acids is 2. The number of allylic oxidation sites excluding steroid dienone is 2. The summed E-state index contributed by atoms with van der Waals surface area (Å²) in [6.45, 7) is 0. The van der Waals surface area contributed by atoms with Gasteiger partial charge in [0.25, 0.3) is 0 Å². The molecule has 1 aromatic heterocycles. The van der Waals surface area contributed by atoms with E-state index < -0.39 is 5.92 Å². The Morgan fingerprint density at radius 1 is 1.30 bits per heavy atom. The van der Waals surface area contributed by atoms with Crippen LogP contribution >= 0.6 is 23.1 Å². The number of amides is 1. The molecule has 1 N–H and O–H groups in total. The van der Waals surface area contributed by atoms with Crippen molar-refractivity contribution in [3.63, 3.8) is 0 Å². The molecule has 1 aliphatic heterocycles. The highest BCUT2D eigenvalue weighted by atomic mass is 32.2. The fourth-order valence-electron chi connectivity index (χ4n) is 3.58. The normalized spacial score (nSPS) is 24.9. The average molecular weight is 403 g/mol. The number of ether oxygens (including phenoxy) is 1. The second kappa shape index (κ2) is 8.44. The van der Waals surface area contributed by atoms with Crippen LogP contribution in [0.2, 0.25) is 0 Å². The minimum atomic E-state index is -0.478. The number of hydrogen-bond donors (Lipinski definition) is 1. The Morgan fingerprint density at radius 3 is 3.00 bits per heavy atom. The Hall–Kier alpha value is -1.86. The van der Waals surface area contributed by atoms with Gasteiger partial charge in [0.2, 0.25) is 5.91 Å². The molecule has 1 aromatic rings. The zero-order valence-electron chi connectivity index (χ0n) is 14.9. The fourth-order valence-corrected chi connectivity index (χ4v) is 5.26. The van der Waals surface area contributed by atoms with Crippen LogP contribution in [0.4, 0.5) is 0 Å². The second-order valence-electron chi connectivity index (χ2n) is 6.98. The molecule has 7 heteroatoms. The molecule has 5 nitrogen and oxygen atoms in total. The zero-order chi connectivity index (χ0) is 18.6. The van der Waals surface area contributed by atoms with Gasteiger partial charge in [-0.1, -0.05) is 55.3 Å². The number of fused-ring (bicyclic) bond motifs is 1. The standard InChI is InChI=1S/C20H22N2O3S2/c23-18(21-14-7-2-1-3-8-14)12-27-20-22-16(11-26-20)15-10-13-6-4-5-9-17(13)25-19(15)24/h4-6,9-11,14-15,17H,1-3,7-8,12H2,(H,21,23). The van der Waals surface area contributed by atoms with E-state index in [4.69, 9.17) is 4.74 Å². The maximum atomic E-state index is 12.3. The van der Waals surface area contributed by atoms with Crippen LogP contribution in [-0.4, -0.2) is 34.8 Å². The summed E-state index contributed by atoms with van der Waals surface area (Å²) in [5.41, 5.74) is 1.67. The lowest BCUT2D eigenvalue weighted by Gasteiger charge is -2.25. The highest BCUT2D eigenvalue weighted by Gasteiger charge is 2.32. The van der Waals surface area contributed by atoms with Gasteiger partial charge in [0, 0.05) is 11.4 Å². The molecule has 4 rings (SSSR count). The third kappa shape index (κ3) is 4.52. The van der Waals surface area contributed by atoms with Crippen molar-refractivity contribution in [3.8, 4) is 0 Å². The van der Waals surface area contributed by atoms with Crippen LogP contribution in [0.5, 0.6) is 0 Å². The Bertz CT molecular complexity index is 806. The van der Waals surface area contributed by atoms with E-state index >= 15 is 0 Å². The van der Waals surface area contributed by atoms with Crippen molar-refractivity contribution in [2.45, 2.75) is 54.5 Å². The first-order chi connectivity index (χ1) is 13.2. The number of nitrogens with zero attached hydrogens (tertiary/aromatic N) is 1. The van der Waals surface area contributed by atoms with Crippen molar-refractivity contribution in [2.24, 2.45) is 0 Å². The number of rotatable bonds is 5. The van der Waals surface area contributed by atoms with Crippen LogP contribution in [0.3, 0.4) is 0 Å². The molecule has 3 aliphatic rings. The molecule has 142 valence electrons. The first-order valence-corrected chi connectivity index (χ1v) is 11.2. The van der Waals surface area contributed by atoms with Crippen LogP contribution in [-0.2, 0) is 14.3 Å². The molecule has 0 radical (unpaired) electrons. The fraction of sp³-hybridized carbons (Fsp3) is 0.450. The number of carbonyl (C=O) groups is 2. The van der Waals surface area contributed by atoms with Crippen molar-refractivity contribution in [3.05, 3.63) is 47.0 Å². The predicted molar refractivity (Wildman–Crippen MR) is 107 cm³/mol. The van der Waals surface area contributed by atoms with E-state index in [0.29, 0.717) is 17.5 Å². The van der Waals surface area contributed by atoms with Gasteiger partial charge in [0.15, 0.2) is 4.34 Å². The lowest BCUT2D eigenvalue weighted by molar-refractivity contribution is -0.147. The summed E-state index contributed by atoms with van der Waals surface area (Å²) in [6.07, 6.45) is 15.1. The number of esters is 1. The van der Waals surface area contributed by atoms with Crippen LogP contribution in [0, 0.1) is 0 Å². The SMILES string of the molecule is O=C(CSc1nc(C2C=C3C=CC=CC3OC2=O)cs1)NC1CCCCC1. The summed E-state index contributed by atoms with van der Waals surface area (Å²) < 4.78 is 6.30. The van der Waals surface area contributed by atoms with Gasteiger partial charge >= 0.3 is 5.97 Å². The van der Waals surface area contributed by atoms with Gasteiger partial charge in [-0.05, 0) is 24.5 Å². The quantitative estimate of drug-likeness (QED) is 0.600. The minimum Gasteiger partial charge on any atom is -0.452 e. The molecule has 1 fully saturated rings. The van der Waals surface area contributed by atoms with E-state index in [1.54, 1.807) is 0 Å². The summed E-state index contributed by atoms with van der Waals surface area (Å²) >= 11 is 2.89. The lowest BCUT2D eigenvalue weighted by atomic mass is 9.94. The summed E-state index contributed by atoms with van der Waals surface area (Å²) in [6, 6.07) is 0.327. The van der Waals surface area contributed by atoms with Crippen LogP contribution < -0.4 is 5.32 Å². The molecular weight excluding hydrogens is 380 g/mol. The largest absolute Gasteiger partial charge is 0.452 e. The highest BCUT2D eigenvalue weighted by Crippen LogP contribution is 2.33. The topological polar surface area (TPSA) is 68.3 Å². The van der Waals surface area contributed by atoms with E-state index in [1.165, 1.54) is 42.4 Å². The molecule has 2 unspecified atom stereocenters. The monoisotopic (exact) mass is 402 g/mol. The van der Waals surface area contributed by atoms with E-state index in [-0.39, 0.29) is 18.0 Å². The highest BCUT2D eigenvalue weighted by molar-refractivity contribution is 8.01. The van der Waals surface area contributed by atoms with Crippen molar-refractivity contribution >= 4 is 35.0 Å². The van der Waals surface area contributed by atoms with E-state index in [0.717, 1.165) is 22.8 Å². The van der Waals surface area contributed by atoms with Gasteiger partial charge < -0.3 is 10.1 Å². The van der Waals surface area contributed by atoms with E-state index in [9.17, 15) is 9.59 Å². The Morgan fingerprint density at radius 2 is 2.15 bits per heavy atom. The maximum absolute atomic E-state index is 12.3. The van der Waals surface area contributed by atoms with Gasteiger partial charge in [-0.25, -0.2) is 4.98 Å². The van der Waals surface area contributed by atoms with Crippen molar-refractivity contribution in [1.29, 1.82) is 0 Å². The molecule has 2 atom stereocenters. The molecule has 0 bridgehead atoms. The molecule has 0 saturated heterocycles. The minimum absolute atomic E-state index is 0.0600. The number of nitrogens with one attached hydrogen (secondary N) is 1. The number of thiazole rings is 1. The van der Waals surface area contributed by atoms with Crippen molar-refractivity contribution in [2.75, 3.05) is 5.75 Å². The molecule has 2 aliphatic carbocycles. The van der Waals surface area contributed by atoms with Crippen LogP contribution in [0.1, 0.15) is 43.7 Å². The predicted octanol–water partition coefficient (Wildman–Crippen LogP) is 3.75. The van der Waals surface area contributed by atoms with Gasteiger partial charge in [-0.15, -0.1) is 11.3 Å². The molecule has 1 saturated carbocycles. The van der Waals surface area contributed by atoms with Gasteiger partial charge in [-0.3, -0.25) is 9.59 Å². The second-order valence-corrected chi connectivity index (χ2v) is 9.06. The smallest absolute Gasteiger partial charge is 0.319 e. The molecular formula is C20H22N2O3S2. The third-order valence-electron chi connectivity index (χ3n) is 4.99. The molecule has 1 amide bonds. The lowest BCUT2D eigenvalue weighted by Crippen LogP contribution is -2.37. The van der Waals surface area contributed by atoms with Crippen LogP contribution in [0.15, 0.2) is 45.7 Å². The Kier molecular flexibility index (Phi) is 5.78. The van der Waals surface area contributed by atoms with Crippen LogP contribution in [0.25, 0.3) is 0 Å². The number of aromatic nitrogens is 1. The summed E-state index contributed by atoms with van der Waals surface area (Å²) in [5.74, 6) is -0.339. The molecule has 0 aromatic carbocycles. The number of thioether (sulfide) groups is 1. The van der Waals surface area contributed by atoms with Crippen molar-refractivity contribution in [1.82, 2.24) is 10.3 Å².